The maximum Gasteiger partial charge on any atom is 0.141 e. The Morgan fingerprint density at radius 1 is 1.24 bits per heavy atom. The second-order valence-electron chi connectivity index (χ2n) is 3.41. The van der Waals surface area contributed by atoms with Gasteiger partial charge in [0.25, 0.3) is 0 Å². The molecule has 0 atom stereocenters. The Balaban J connectivity index is 2.09. The summed E-state index contributed by atoms with van der Waals surface area (Å²) in [6, 6.07) is 12.0. The molecule has 1 aromatic heterocycles. The van der Waals surface area contributed by atoms with E-state index in [0.717, 1.165) is 10.8 Å². The lowest BCUT2D eigenvalue weighted by atomic mass is 10.2. The Labute approximate surface area is 110 Å². The number of ether oxygens (including phenoxy) is 1. The van der Waals surface area contributed by atoms with Crippen molar-refractivity contribution in [3.63, 3.8) is 0 Å². The van der Waals surface area contributed by atoms with E-state index in [1.54, 1.807) is 31.1 Å². The van der Waals surface area contributed by atoms with Gasteiger partial charge in [-0.1, -0.05) is 41.9 Å². The van der Waals surface area contributed by atoms with Crippen LogP contribution in [0, 0.1) is 0 Å². The lowest BCUT2D eigenvalue weighted by molar-refractivity contribution is 0.413. The lowest BCUT2D eigenvalue weighted by Crippen LogP contribution is -1.89. The molecule has 0 N–H and O–H groups in total. The van der Waals surface area contributed by atoms with E-state index >= 15 is 0 Å². The summed E-state index contributed by atoms with van der Waals surface area (Å²) in [5.74, 6) is 1.51. The highest BCUT2D eigenvalue weighted by atomic mass is 35.5. The van der Waals surface area contributed by atoms with E-state index in [1.807, 2.05) is 18.2 Å². The summed E-state index contributed by atoms with van der Waals surface area (Å²) in [6.45, 7) is 0. The van der Waals surface area contributed by atoms with E-state index in [-0.39, 0.29) is 0 Å². The van der Waals surface area contributed by atoms with Gasteiger partial charge in [-0.3, -0.25) is 0 Å². The van der Waals surface area contributed by atoms with Crippen LogP contribution in [0.25, 0.3) is 0 Å². The minimum atomic E-state index is 0.580. The Bertz CT molecular complexity index is 490. The predicted octanol–water partition coefficient (Wildman–Crippen LogP) is 4.04. The van der Waals surface area contributed by atoms with Crippen molar-refractivity contribution in [2.45, 2.75) is 10.8 Å². The normalized spacial score (nSPS) is 10.2. The van der Waals surface area contributed by atoms with Gasteiger partial charge in [0.1, 0.15) is 15.8 Å². The first-order valence-corrected chi connectivity index (χ1v) is 6.53. The van der Waals surface area contributed by atoms with Crippen LogP contribution in [0.15, 0.2) is 47.6 Å². The number of halogens is 1. The minimum absolute atomic E-state index is 0.580. The number of thioether (sulfide) groups is 1. The first-order chi connectivity index (χ1) is 8.31. The molecule has 4 heteroatoms. The monoisotopic (exact) mass is 265 g/mol. The molecule has 1 heterocycles. The van der Waals surface area contributed by atoms with E-state index < -0.39 is 0 Å². The zero-order chi connectivity index (χ0) is 12.1. The van der Waals surface area contributed by atoms with E-state index in [0.29, 0.717) is 10.8 Å². The average Bonchev–Trinajstić information content (AvgIpc) is 2.39. The van der Waals surface area contributed by atoms with Crippen LogP contribution >= 0.6 is 23.4 Å². The third-order valence-corrected chi connectivity index (χ3v) is 3.80. The molecule has 0 saturated heterocycles. The van der Waals surface area contributed by atoms with Crippen molar-refractivity contribution in [1.82, 2.24) is 4.98 Å². The fourth-order valence-electron chi connectivity index (χ4n) is 1.39. The number of benzene rings is 1. The van der Waals surface area contributed by atoms with Crippen molar-refractivity contribution in [2.75, 3.05) is 7.11 Å². The van der Waals surface area contributed by atoms with Gasteiger partial charge in [-0.15, -0.1) is 11.8 Å². The summed E-state index contributed by atoms with van der Waals surface area (Å²) >= 11 is 7.77. The molecule has 0 unspecified atom stereocenters. The summed E-state index contributed by atoms with van der Waals surface area (Å²) in [5.41, 5.74) is 1.25. The number of rotatable bonds is 4. The van der Waals surface area contributed by atoms with Crippen molar-refractivity contribution in [1.29, 1.82) is 0 Å². The van der Waals surface area contributed by atoms with Crippen LogP contribution < -0.4 is 4.74 Å². The van der Waals surface area contributed by atoms with Crippen molar-refractivity contribution in [3.8, 4) is 5.75 Å². The fourth-order valence-corrected chi connectivity index (χ4v) is 2.60. The molecule has 88 valence electrons. The summed E-state index contributed by atoms with van der Waals surface area (Å²) in [7, 11) is 1.60. The molecule has 2 aromatic rings. The molecule has 0 amide bonds. The highest BCUT2D eigenvalue weighted by Gasteiger charge is 2.08. The largest absolute Gasteiger partial charge is 0.495 e. The molecule has 0 saturated carbocycles. The quantitative estimate of drug-likeness (QED) is 0.779. The Hall–Kier alpha value is -1.19. The molecule has 0 aliphatic heterocycles. The van der Waals surface area contributed by atoms with Crippen molar-refractivity contribution < 1.29 is 4.74 Å². The van der Waals surface area contributed by atoms with Gasteiger partial charge < -0.3 is 4.74 Å². The van der Waals surface area contributed by atoms with Gasteiger partial charge in [0, 0.05) is 18.0 Å². The highest BCUT2D eigenvalue weighted by Crippen LogP contribution is 2.33. The standard InChI is InChI=1S/C13H12ClNOS/c1-16-11-7-8-15-13(12(11)14)17-9-10-5-3-2-4-6-10/h2-8H,9H2,1H3. The Kier molecular flexibility index (Phi) is 4.29. The van der Waals surface area contributed by atoms with E-state index in [9.17, 15) is 0 Å². The zero-order valence-corrected chi connectivity index (χ0v) is 11.0. The topological polar surface area (TPSA) is 22.1 Å². The average molecular weight is 266 g/mol. The van der Waals surface area contributed by atoms with E-state index in [1.165, 1.54) is 5.56 Å². The Morgan fingerprint density at radius 3 is 2.71 bits per heavy atom. The van der Waals surface area contributed by atoms with Gasteiger partial charge in [-0.2, -0.15) is 0 Å². The second kappa shape index (κ2) is 5.94. The number of methoxy groups -OCH3 is 1. The summed E-state index contributed by atoms with van der Waals surface area (Å²) in [5, 5.41) is 1.38. The van der Waals surface area contributed by atoms with Crippen LogP contribution in [0.3, 0.4) is 0 Å². The summed E-state index contributed by atoms with van der Waals surface area (Å²) in [4.78, 5) is 4.25. The number of aromatic nitrogens is 1. The fraction of sp³-hybridized carbons (Fsp3) is 0.154. The second-order valence-corrected chi connectivity index (χ2v) is 4.75. The van der Waals surface area contributed by atoms with Crippen molar-refractivity contribution in [3.05, 3.63) is 53.2 Å². The van der Waals surface area contributed by atoms with Crippen LogP contribution in [0.2, 0.25) is 5.02 Å². The van der Waals surface area contributed by atoms with Crippen LogP contribution in [0.5, 0.6) is 5.75 Å². The number of hydrogen-bond donors (Lipinski definition) is 0. The molecular weight excluding hydrogens is 254 g/mol. The van der Waals surface area contributed by atoms with Gasteiger partial charge in [-0.05, 0) is 5.56 Å². The lowest BCUT2D eigenvalue weighted by Gasteiger charge is -2.07. The minimum Gasteiger partial charge on any atom is -0.495 e. The molecule has 0 fully saturated rings. The number of hydrogen-bond acceptors (Lipinski definition) is 3. The van der Waals surface area contributed by atoms with E-state index in [2.05, 4.69) is 17.1 Å². The summed E-state index contributed by atoms with van der Waals surface area (Å²) < 4.78 is 5.15. The van der Waals surface area contributed by atoms with Crippen molar-refractivity contribution in [2.24, 2.45) is 0 Å². The van der Waals surface area contributed by atoms with Crippen LogP contribution in [-0.2, 0) is 5.75 Å². The molecule has 0 aliphatic carbocycles. The first-order valence-electron chi connectivity index (χ1n) is 5.16. The maximum atomic E-state index is 6.17. The molecule has 0 bridgehead atoms. The van der Waals surface area contributed by atoms with E-state index in [4.69, 9.17) is 16.3 Å². The number of pyridine rings is 1. The zero-order valence-electron chi connectivity index (χ0n) is 9.39. The van der Waals surface area contributed by atoms with Crippen LogP contribution in [0.4, 0.5) is 0 Å². The number of nitrogens with zero attached hydrogens (tertiary/aromatic N) is 1. The predicted molar refractivity (Wildman–Crippen MR) is 71.8 cm³/mol. The molecule has 2 nitrogen and oxygen atoms in total. The van der Waals surface area contributed by atoms with Gasteiger partial charge in [0.2, 0.25) is 0 Å². The maximum absolute atomic E-state index is 6.17. The molecule has 1 aromatic carbocycles. The summed E-state index contributed by atoms with van der Waals surface area (Å²) in [6.07, 6.45) is 1.71. The smallest absolute Gasteiger partial charge is 0.141 e. The SMILES string of the molecule is COc1ccnc(SCc2ccccc2)c1Cl. The molecule has 17 heavy (non-hydrogen) atoms. The molecule has 0 spiro atoms. The van der Waals surface area contributed by atoms with Gasteiger partial charge in [-0.25, -0.2) is 4.98 Å². The third kappa shape index (κ3) is 3.14. The first kappa shape index (κ1) is 12.3. The van der Waals surface area contributed by atoms with Gasteiger partial charge in [0.15, 0.2) is 0 Å². The molecule has 2 rings (SSSR count). The highest BCUT2D eigenvalue weighted by molar-refractivity contribution is 7.98. The van der Waals surface area contributed by atoms with Crippen LogP contribution in [0.1, 0.15) is 5.56 Å². The Morgan fingerprint density at radius 2 is 2.00 bits per heavy atom. The van der Waals surface area contributed by atoms with Gasteiger partial charge >= 0.3 is 0 Å². The van der Waals surface area contributed by atoms with Gasteiger partial charge in [0.05, 0.1) is 7.11 Å². The molecule has 0 radical (unpaired) electrons. The van der Waals surface area contributed by atoms with Crippen molar-refractivity contribution >= 4 is 23.4 Å². The van der Waals surface area contributed by atoms with Crippen LogP contribution in [-0.4, -0.2) is 12.1 Å². The molecule has 0 aliphatic rings. The molecular formula is C13H12ClNOS. The third-order valence-electron chi connectivity index (χ3n) is 2.26.